The molecule has 4 bridgehead atoms. The number of aliphatic imine (C=N–C) groups is 2. The number of hydrogen-bond donors (Lipinski definition) is 2. The lowest BCUT2D eigenvalue weighted by molar-refractivity contribution is -0.590. The van der Waals surface area contributed by atoms with Gasteiger partial charge in [-0.15, -0.1) is 5.43 Å². The molecule has 3 aliphatic heterocycles. The number of benzene rings is 1. The van der Waals surface area contributed by atoms with E-state index >= 15 is 0 Å². The van der Waals surface area contributed by atoms with Crippen molar-refractivity contribution in [2.75, 3.05) is 26.2 Å². The lowest BCUT2D eigenvalue weighted by atomic mass is 10.1. The van der Waals surface area contributed by atoms with Gasteiger partial charge in [-0.1, -0.05) is 4.68 Å². The second-order valence-electron chi connectivity index (χ2n) is 5.78. The summed E-state index contributed by atoms with van der Waals surface area (Å²) < 4.78 is 21.9. The molecule has 6 nitrogen and oxygen atoms in total. The molecule has 0 amide bonds. The SMILES string of the molecule is Fc1ccc2cc1C1=[N+]3NC(=NCCCNCCO2)C=CC3N=C1. The highest BCUT2D eigenvalue weighted by molar-refractivity contribution is 6.36. The average Bonchev–Trinajstić information content (AvgIpc) is 3.01. The van der Waals surface area contributed by atoms with Gasteiger partial charge in [0.2, 0.25) is 0 Å². The number of rotatable bonds is 0. The fourth-order valence-corrected chi connectivity index (χ4v) is 2.87. The van der Waals surface area contributed by atoms with E-state index in [9.17, 15) is 4.39 Å². The number of nitrogens with one attached hydrogen (secondary N) is 2. The summed E-state index contributed by atoms with van der Waals surface area (Å²) in [6.45, 7) is 2.88. The first-order chi connectivity index (χ1) is 11.8. The van der Waals surface area contributed by atoms with Crippen molar-refractivity contribution in [1.29, 1.82) is 0 Å². The molecule has 1 aromatic carbocycles. The van der Waals surface area contributed by atoms with Crippen LogP contribution in [0.2, 0.25) is 0 Å². The zero-order valence-electron chi connectivity index (χ0n) is 13.2. The highest BCUT2D eigenvalue weighted by Gasteiger charge is 2.34. The molecule has 7 heteroatoms. The summed E-state index contributed by atoms with van der Waals surface area (Å²) in [5.74, 6) is 1.10. The van der Waals surface area contributed by atoms with Crippen LogP contribution in [0.25, 0.3) is 0 Å². The van der Waals surface area contributed by atoms with Gasteiger partial charge in [-0.05, 0) is 37.2 Å². The van der Waals surface area contributed by atoms with Crippen LogP contribution in [0.4, 0.5) is 4.39 Å². The van der Waals surface area contributed by atoms with Crippen LogP contribution in [0, 0.1) is 5.82 Å². The quantitative estimate of drug-likeness (QED) is 0.695. The molecule has 0 radical (unpaired) electrons. The van der Waals surface area contributed by atoms with Gasteiger partial charge in [0.1, 0.15) is 24.4 Å². The van der Waals surface area contributed by atoms with Crippen molar-refractivity contribution >= 4 is 17.8 Å². The molecule has 3 aliphatic rings. The number of amidine groups is 1. The molecule has 0 spiro atoms. The standard InChI is InChI=1S/C17H19FN5O/c18-14-3-2-12-10-13(14)15-11-21-17-5-4-16(22-23(15)17)20-7-1-6-19-8-9-24-12/h2-5,10-11,17,19H,1,6-9H2,(H,20,22)/q+1. The molecule has 0 saturated heterocycles. The van der Waals surface area contributed by atoms with Gasteiger partial charge >= 0.3 is 0 Å². The van der Waals surface area contributed by atoms with Gasteiger partial charge in [-0.25, -0.2) is 9.38 Å². The minimum absolute atomic E-state index is 0.180. The molecule has 0 saturated carbocycles. The Labute approximate surface area is 139 Å². The monoisotopic (exact) mass is 328 g/mol. The topological polar surface area (TPSA) is 61.0 Å². The third-order valence-corrected chi connectivity index (χ3v) is 4.09. The van der Waals surface area contributed by atoms with Crippen molar-refractivity contribution in [2.45, 2.75) is 12.6 Å². The highest BCUT2D eigenvalue weighted by atomic mass is 19.1. The minimum atomic E-state index is -0.304. The van der Waals surface area contributed by atoms with Crippen molar-refractivity contribution < 1.29 is 13.8 Å². The zero-order chi connectivity index (χ0) is 16.4. The second-order valence-corrected chi connectivity index (χ2v) is 5.78. The Bertz CT molecular complexity index is 768. The average molecular weight is 328 g/mol. The first kappa shape index (κ1) is 15.0. The Kier molecular flexibility index (Phi) is 4.08. The number of hydrazine groups is 1. The van der Waals surface area contributed by atoms with E-state index in [4.69, 9.17) is 4.74 Å². The summed E-state index contributed by atoms with van der Waals surface area (Å²) in [6, 6.07) is 4.80. The van der Waals surface area contributed by atoms with Crippen LogP contribution in [0.1, 0.15) is 12.0 Å². The third kappa shape index (κ3) is 2.94. The highest BCUT2D eigenvalue weighted by Crippen LogP contribution is 2.20. The van der Waals surface area contributed by atoms with Crippen molar-refractivity contribution in [3.05, 3.63) is 41.7 Å². The van der Waals surface area contributed by atoms with Crippen molar-refractivity contribution in [3.63, 3.8) is 0 Å². The van der Waals surface area contributed by atoms with Crippen LogP contribution >= 0.6 is 0 Å². The Morgan fingerprint density at radius 3 is 3.21 bits per heavy atom. The molecule has 0 fully saturated rings. The lowest BCUT2D eigenvalue weighted by Gasteiger charge is -2.13. The Hall–Kier alpha value is -2.54. The van der Waals surface area contributed by atoms with Gasteiger partial charge in [0.05, 0.1) is 5.56 Å². The van der Waals surface area contributed by atoms with E-state index in [0.717, 1.165) is 31.9 Å². The minimum Gasteiger partial charge on any atom is -0.492 e. The fraction of sp³-hybridized carbons (Fsp3) is 0.353. The number of hydrogen-bond acceptors (Lipinski definition) is 5. The number of ether oxygens (including phenoxy) is 1. The van der Waals surface area contributed by atoms with E-state index in [-0.39, 0.29) is 12.0 Å². The normalized spacial score (nSPS) is 23.0. The second kappa shape index (κ2) is 6.52. The van der Waals surface area contributed by atoms with Crippen LogP contribution in [0.15, 0.2) is 40.3 Å². The summed E-state index contributed by atoms with van der Waals surface area (Å²) >= 11 is 0. The van der Waals surface area contributed by atoms with E-state index in [2.05, 4.69) is 20.7 Å². The molecular formula is C17H19FN5O+. The lowest BCUT2D eigenvalue weighted by Crippen LogP contribution is -2.44. The largest absolute Gasteiger partial charge is 0.492 e. The van der Waals surface area contributed by atoms with Crippen LogP contribution in [0.3, 0.4) is 0 Å². The van der Waals surface area contributed by atoms with Gasteiger partial charge in [-0.3, -0.25) is 4.99 Å². The fourth-order valence-electron chi connectivity index (χ4n) is 2.87. The summed E-state index contributed by atoms with van der Waals surface area (Å²) in [4.78, 5) is 8.96. The molecule has 0 aromatic heterocycles. The molecule has 1 unspecified atom stereocenters. The number of fused-ring (bicyclic) bond motifs is 4. The van der Waals surface area contributed by atoms with Crippen LogP contribution in [-0.4, -0.2) is 54.9 Å². The van der Waals surface area contributed by atoms with Crippen LogP contribution < -0.4 is 15.5 Å². The molecule has 1 atom stereocenters. The Morgan fingerprint density at radius 2 is 2.25 bits per heavy atom. The van der Waals surface area contributed by atoms with E-state index in [0.29, 0.717) is 23.6 Å². The first-order valence-corrected chi connectivity index (χ1v) is 8.13. The van der Waals surface area contributed by atoms with Crippen LogP contribution in [0.5, 0.6) is 5.75 Å². The molecule has 4 rings (SSSR count). The summed E-state index contributed by atoms with van der Waals surface area (Å²) in [6.07, 6.45) is 6.32. The molecule has 2 N–H and O–H groups in total. The maximum Gasteiger partial charge on any atom is 0.294 e. The Balaban J connectivity index is 1.76. The van der Waals surface area contributed by atoms with E-state index in [1.165, 1.54) is 6.07 Å². The van der Waals surface area contributed by atoms with Gasteiger partial charge < -0.3 is 10.1 Å². The molecule has 24 heavy (non-hydrogen) atoms. The van der Waals surface area contributed by atoms with Gasteiger partial charge in [0.15, 0.2) is 5.84 Å². The van der Waals surface area contributed by atoms with Crippen LogP contribution in [-0.2, 0) is 0 Å². The number of nitrogens with zero attached hydrogens (tertiary/aromatic N) is 3. The van der Waals surface area contributed by atoms with Crippen molar-refractivity contribution in [3.8, 4) is 5.75 Å². The maximum absolute atomic E-state index is 14.4. The first-order valence-electron chi connectivity index (χ1n) is 8.13. The predicted octanol–water partition coefficient (Wildman–Crippen LogP) is 0.883. The summed E-state index contributed by atoms with van der Waals surface area (Å²) in [5.41, 5.74) is 4.36. The van der Waals surface area contributed by atoms with Gasteiger partial charge in [-0.2, -0.15) is 0 Å². The summed E-state index contributed by atoms with van der Waals surface area (Å²) in [5, 5.41) is 3.31. The Morgan fingerprint density at radius 1 is 1.29 bits per heavy atom. The van der Waals surface area contributed by atoms with Gasteiger partial charge in [0, 0.05) is 19.2 Å². The maximum atomic E-state index is 14.4. The smallest absolute Gasteiger partial charge is 0.294 e. The molecular weight excluding hydrogens is 309 g/mol. The molecule has 0 aliphatic carbocycles. The van der Waals surface area contributed by atoms with E-state index in [1.807, 2.05) is 16.8 Å². The third-order valence-electron chi connectivity index (χ3n) is 4.09. The van der Waals surface area contributed by atoms with Gasteiger partial charge in [0.25, 0.3) is 11.9 Å². The number of halogens is 1. The van der Waals surface area contributed by atoms with E-state index < -0.39 is 0 Å². The molecule has 124 valence electrons. The molecule has 3 heterocycles. The zero-order valence-corrected chi connectivity index (χ0v) is 13.2. The molecule has 1 aromatic rings. The summed E-state index contributed by atoms with van der Waals surface area (Å²) in [7, 11) is 0. The predicted molar refractivity (Wildman–Crippen MR) is 90.6 cm³/mol. The van der Waals surface area contributed by atoms with Crippen molar-refractivity contribution in [1.82, 2.24) is 10.7 Å². The van der Waals surface area contributed by atoms with Crippen molar-refractivity contribution in [2.24, 2.45) is 9.98 Å². The number of hydrazone groups is 1. The van der Waals surface area contributed by atoms with E-state index in [1.54, 1.807) is 18.3 Å².